The average molecular weight is 279 g/mol. The van der Waals surface area contributed by atoms with Gasteiger partial charge in [-0.2, -0.15) is 0 Å². The van der Waals surface area contributed by atoms with Crippen molar-refractivity contribution in [3.8, 4) is 5.75 Å². The second-order valence-electron chi connectivity index (χ2n) is 3.29. The topological polar surface area (TPSA) is 48.1 Å². The van der Waals surface area contributed by atoms with E-state index in [2.05, 4.69) is 20.9 Å². The lowest BCUT2D eigenvalue weighted by Gasteiger charge is -2.09. The van der Waals surface area contributed by atoms with Gasteiger partial charge in [0.25, 0.3) is 0 Å². The largest absolute Gasteiger partial charge is 0.488 e. The van der Waals surface area contributed by atoms with Crippen molar-refractivity contribution in [3.05, 3.63) is 52.8 Å². The number of aromatic nitrogens is 1. The summed E-state index contributed by atoms with van der Waals surface area (Å²) in [6.07, 6.45) is 3.38. The maximum absolute atomic E-state index is 5.79. The van der Waals surface area contributed by atoms with Gasteiger partial charge in [0.05, 0.1) is 4.47 Å². The van der Waals surface area contributed by atoms with Gasteiger partial charge in [-0.1, -0.05) is 12.1 Å². The molecule has 0 fully saturated rings. The third-order valence-electron chi connectivity index (χ3n) is 2.16. The highest BCUT2D eigenvalue weighted by molar-refractivity contribution is 9.10. The minimum atomic E-state index is 0.419. The number of nitrogen functional groups attached to an aromatic ring is 1. The second kappa shape index (κ2) is 4.99. The Bertz CT molecular complexity index is 442. The summed E-state index contributed by atoms with van der Waals surface area (Å²) in [5.74, 6) is 0.797. The van der Waals surface area contributed by atoms with Gasteiger partial charge in [0.15, 0.2) is 0 Å². The molecule has 0 spiro atoms. The third kappa shape index (κ3) is 2.52. The van der Waals surface area contributed by atoms with E-state index in [1.165, 1.54) is 0 Å². The summed E-state index contributed by atoms with van der Waals surface area (Å²) < 4.78 is 6.56. The normalized spacial score (nSPS) is 10.1. The molecule has 0 amide bonds. The number of benzene rings is 1. The van der Waals surface area contributed by atoms with Gasteiger partial charge in [-0.3, -0.25) is 4.98 Å². The highest BCUT2D eigenvalue weighted by Crippen LogP contribution is 2.25. The number of hydrogen-bond donors (Lipinski definition) is 1. The molecule has 0 aliphatic heterocycles. The van der Waals surface area contributed by atoms with E-state index in [9.17, 15) is 0 Å². The van der Waals surface area contributed by atoms with Gasteiger partial charge in [-0.05, 0) is 34.1 Å². The van der Waals surface area contributed by atoms with Crippen LogP contribution in [0.4, 0.5) is 5.69 Å². The Morgan fingerprint density at radius 2 is 2.06 bits per heavy atom. The Morgan fingerprint density at radius 1 is 1.25 bits per heavy atom. The lowest BCUT2D eigenvalue weighted by molar-refractivity contribution is 0.304. The Balaban J connectivity index is 2.09. The maximum atomic E-state index is 5.79. The standard InChI is InChI=1S/C12H11BrN2O/c13-10-3-1-2-4-12(10)16-8-9-7-15-6-5-11(9)14/h1-7H,8H2,(H2,14,15). The molecule has 0 radical (unpaired) electrons. The van der Waals surface area contributed by atoms with Crippen LogP contribution in [-0.4, -0.2) is 4.98 Å². The Hall–Kier alpha value is -1.55. The van der Waals surface area contributed by atoms with Crippen LogP contribution < -0.4 is 10.5 Å². The van der Waals surface area contributed by atoms with E-state index < -0.39 is 0 Å². The van der Waals surface area contributed by atoms with E-state index in [4.69, 9.17) is 10.5 Å². The molecule has 1 aromatic heterocycles. The van der Waals surface area contributed by atoms with Crippen molar-refractivity contribution in [2.24, 2.45) is 0 Å². The molecule has 0 atom stereocenters. The van der Waals surface area contributed by atoms with Crippen molar-refractivity contribution < 1.29 is 4.74 Å². The van der Waals surface area contributed by atoms with E-state index in [-0.39, 0.29) is 0 Å². The number of anilines is 1. The van der Waals surface area contributed by atoms with E-state index in [0.717, 1.165) is 15.8 Å². The first-order chi connectivity index (χ1) is 7.77. The van der Waals surface area contributed by atoms with Crippen molar-refractivity contribution >= 4 is 21.6 Å². The van der Waals surface area contributed by atoms with Gasteiger partial charge in [0.1, 0.15) is 12.4 Å². The fourth-order valence-electron chi connectivity index (χ4n) is 1.28. The molecule has 82 valence electrons. The van der Waals surface area contributed by atoms with Crippen molar-refractivity contribution in [3.63, 3.8) is 0 Å². The first-order valence-corrected chi connectivity index (χ1v) is 5.62. The zero-order valence-electron chi connectivity index (χ0n) is 8.56. The predicted molar refractivity (Wildman–Crippen MR) is 67.1 cm³/mol. The van der Waals surface area contributed by atoms with Gasteiger partial charge in [0.2, 0.25) is 0 Å². The molecule has 1 heterocycles. The SMILES string of the molecule is Nc1ccncc1COc1ccccc1Br. The molecule has 0 unspecified atom stereocenters. The van der Waals surface area contributed by atoms with Crippen molar-refractivity contribution in [2.75, 3.05) is 5.73 Å². The molecule has 0 saturated carbocycles. The van der Waals surface area contributed by atoms with Crippen LogP contribution in [0.15, 0.2) is 47.2 Å². The summed E-state index contributed by atoms with van der Waals surface area (Å²) in [4.78, 5) is 4.01. The van der Waals surface area contributed by atoms with E-state index in [1.807, 2.05) is 24.3 Å². The van der Waals surface area contributed by atoms with Crippen LogP contribution in [0.3, 0.4) is 0 Å². The predicted octanol–water partition coefficient (Wildman–Crippen LogP) is 3.01. The molecule has 16 heavy (non-hydrogen) atoms. The average Bonchev–Trinajstić information content (AvgIpc) is 2.30. The molecule has 1 aromatic carbocycles. The van der Waals surface area contributed by atoms with Crippen LogP contribution >= 0.6 is 15.9 Å². The van der Waals surface area contributed by atoms with Gasteiger partial charge in [0, 0.05) is 23.6 Å². The number of para-hydroxylation sites is 1. The Labute approximate surface area is 102 Å². The lowest BCUT2D eigenvalue weighted by atomic mass is 10.2. The fraction of sp³-hybridized carbons (Fsp3) is 0.0833. The summed E-state index contributed by atoms with van der Waals surface area (Å²) in [6, 6.07) is 9.46. The molecule has 0 bridgehead atoms. The monoisotopic (exact) mass is 278 g/mol. The Morgan fingerprint density at radius 3 is 2.81 bits per heavy atom. The minimum Gasteiger partial charge on any atom is -0.488 e. The van der Waals surface area contributed by atoms with Gasteiger partial charge >= 0.3 is 0 Å². The van der Waals surface area contributed by atoms with Crippen LogP contribution in [0.5, 0.6) is 5.75 Å². The molecular formula is C12H11BrN2O. The molecule has 2 N–H and O–H groups in total. The van der Waals surface area contributed by atoms with Crippen LogP contribution in [0.25, 0.3) is 0 Å². The quantitative estimate of drug-likeness (QED) is 0.939. The number of nitrogens with two attached hydrogens (primary N) is 1. The number of nitrogens with zero attached hydrogens (tertiary/aromatic N) is 1. The zero-order valence-corrected chi connectivity index (χ0v) is 10.1. The summed E-state index contributed by atoms with van der Waals surface area (Å²) in [7, 11) is 0. The lowest BCUT2D eigenvalue weighted by Crippen LogP contribution is -2.00. The van der Waals surface area contributed by atoms with Crippen LogP contribution in [-0.2, 0) is 6.61 Å². The first-order valence-electron chi connectivity index (χ1n) is 4.83. The highest BCUT2D eigenvalue weighted by Gasteiger charge is 2.02. The van der Waals surface area contributed by atoms with Crippen molar-refractivity contribution in [1.29, 1.82) is 0 Å². The second-order valence-corrected chi connectivity index (χ2v) is 4.15. The summed E-state index contributed by atoms with van der Waals surface area (Å²) >= 11 is 3.42. The molecule has 0 saturated heterocycles. The van der Waals surface area contributed by atoms with E-state index in [0.29, 0.717) is 12.3 Å². The van der Waals surface area contributed by atoms with Gasteiger partial charge in [-0.25, -0.2) is 0 Å². The molecule has 2 rings (SSSR count). The summed E-state index contributed by atoms with van der Waals surface area (Å²) in [6.45, 7) is 0.419. The number of hydrogen-bond acceptors (Lipinski definition) is 3. The molecule has 0 aliphatic rings. The number of halogens is 1. The Kier molecular flexibility index (Phi) is 3.41. The van der Waals surface area contributed by atoms with Gasteiger partial charge in [-0.15, -0.1) is 0 Å². The number of rotatable bonds is 3. The van der Waals surface area contributed by atoms with Crippen LogP contribution in [0.1, 0.15) is 5.56 Å². The maximum Gasteiger partial charge on any atom is 0.133 e. The summed E-state index contributed by atoms with van der Waals surface area (Å²) in [5, 5.41) is 0. The van der Waals surface area contributed by atoms with E-state index >= 15 is 0 Å². The molecule has 3 nitrogen and oxygen atoms in total. The minimum absolute atomic E-state index is 0.419. The number of pyridine rings is 1. The third-order valence-corrected chi connectivity index (χ3v) is 2.82. The van der Waals surface area contributed by atoms with Crippen LogP contribution in [0.2, 0.25) is 0 Å². The zero-order chi connectivity index (χ0) is 11.4. The fourth-order valence-corrected chi connectivity index (χ4v) is 1.68. The van der Waals surface area contributed by atoms with Crippen LogP contribution in [0, 0.1) is 0 Å². The molecular weight excluding hydrogens is 268 g/mol. The smallest absolute Gasteiger partial charge is 0.133 e. The van der Waals surface area contributed by atoms with Crippen molar-refractivity contribution in [1.82, 2.24) is 4.98 Å². The highest BCUT2D eigenvalue weighted by atomic mass is 79.9. The molecule has 0 aliphatic carbocycles. The number of ether oxygens (including phenoxy) is 1. The van der Waals surface area contributed by atoms with Gasteiger partial charge < -0.3 is 10.5 Å². The van der Waals surface area contributed by atoms with Crippen molar-refractivity contribution in [2.45, 2.75) is 6.61 Å². The summed E-state index contributed by atoms with van der Waals surface area (Å²) in [5.41, 5.74) is 7.37. The van der Waals surface area contributed by atoms with E-state index in [1.54, 1.807) is 18.5 Å². The first kappa shape index (κ1) is 11.0. The molecule has 4 heteroatoms. The molecule has 2 aromatic rings.